The molecule has 24 heavy (non-hydrogen) atoms. The van der Waals surface area contributed by atoms with Crippen molar-refractivity contribution in [3.8, 4) is 0 Å². The highest BCUT2D eigenvalue weighted by molar-refractivity contribution is 7.09. The van der Waals surface area contributed by atoms with E-state index in [1.54, 1.807) is 11.3 Å². The van der Waals surface area contributed by atoms with E-state index in [2.05, 4.69) is 35.9 Å². The fourth-order valence-electron chi connectivity index (χ4n) is 2.35. The summed E-state index contributed by atoms with van der Waals surface area (Å²) in [7, 11) is 4.06. The summed E-state index contributed by atoms with van der Waals surface area (Å²) in [5.74, 6) is 0.550. The van der Waals surface area contributed by atoms with Gasteiger partial charge in [-0.2, -0.15) is 0 Å². The van der Waals surface area contributed by atoms with Gasteiger partial charge in [0.15, 0.2) is 0 Å². The number of hydrogen-bond donors (Lipinski definition) is 0. The van der Waals surface area contributed by atoms with Crippen molar-refractivity contribution in [1.82, 2.24) is 14.8 Å². The first-order chi connectivity index (χ1) is 11.5. The molecule has 0 radical (unpaired) electrons. The predicted molar refractivity (Wildman–Crippen MR) is 100 cm³/mol. The van der Waals surface area contributed by atoms with E-state index in [0.29, 0.717) is 18.9 Å². The fraction of sp³-hybridized carbons (Fsp3) is 0.474. The average Bonchev–Trinajstić information content (AvgIpc) is 3.01. The van der Waals surface area contributed by atoms with E-state index in [4.69, 9.17) is 0 Å². The van der Waals surface area contributed by atoms with E-state index in [-0.39, 0.29) is 5.91 Å². The zero-order valence-electron chi connectivity index (χ0n) is 15.0. The van der Waals surface area contributed by atoms with Gasteiger partial charge in [0, 0.05) is 30.9 Å². The lowest BCUT2D eigenvalue weighted by molar-refractivity contribution is -0.131. The van der Waals surface area contributed by atoms with Crippen LogP contribution in [0.3, 0.4) is 0 Å². The highest BCUT2D eigenvalue weighted by Crippen LogP contribution is 2.20. The third-order valence-corrected chi connectivity index (χ3v) is 4.98. The molecule has 0 unspecified atom stereocenters. The topological polar surface area (TPSA) is 36.4 Å². The minimum absolute atomic E-state index is 0.140. The van der Waals surface area contributed by atoms with Crippen molar-refractivity contribution >= 4 is 17.2 Å². The Morgan fingerprint density at radius 2 is 1.88 bits per heavy atom. The zero-order chi connectivity index (χ0) is 17.5. The highest BCUT2D eigenvalue weighted by atomic mass is 32.1. The van der Waals surface area contributed by atoms with Crippen LogP contribution in [0.25, 0.3) is 0 Å². The van der Waals surface area contributed by atoms with E-state index in [0.717, 1.165) is 29.4 Å². The number of aromatic nitrogens is 1. The van der Waals surface area contributed by atoms with Crippen LogP contribution in [0.15, 0.2) is 35.7 Å². The van der Waals surface area contributed by atoms with Crippen LogP contribution in [0.5, 0.6) is 0 Å². The van der Waals surface area contributed by atoms with Gasteiger partial charge in [0.05, 0.1) is 17.1 Å². The third kappa shape index (κ3) is 5.73. The Morgan fingerprint density at radius 1 is 1.17 bits per heavy atom. The van der Waals surface area contributed by atoms with Crippen molar-refractivity contribution in [2.24, 2.45) is 0 Å². The molecule has 0 fully saturated rings. The van der Waals surface area contributed by atoms with Crippen LogP contribution in [0.2, 0.25) is 0 Å². The largest absolute Gasteiger partial charge is 0.337 e. The van der Waals surface area contributed by atoms with Crippen LogP contribution in [0.4, 0.5) is 0 Å². The smallest absolute Gasteiger partial charge is 0.228 e. The average molecular weight is 346 g/mol. The standard InChI is InChI=1S/C19H27N3OS/c1-15(2)19-20-17(14-24-19)12-18(23)22(11-10-21(3)4)13-16-8-6-5-7-9-16/h5-9,14-15H,10-13H2,1-4H3. The molecule has 4 nitrogen and oxygen atoms in total. The Labute approximate surface area is 149 Å². The molecule has 2 aromatic rings. The third-order valence-electron chi connectivity index (χ3n) is 3.78. The molecule has 0 aliphatic heterocycles. The van der Waals surface area contributed by atoms with E-state index in [9.17, 15) is 4.79 Å². The van der Waals surface area contributed by atoms with Crippen LogP contribution >= 0.6 is 11.3 Å². The summed E-state index contributed by atoms with van der Waals surface area (Å²) in [6.45, 7) is 6.48. The molecule has 1 amide bonds. The van der Waals surface area contributed by atoms with E-state index < -0.39 is 0 Å². The number of carbonyl (C=O) groups excluding carboxylic acids is 1. The second-order valence-corrected chi connectivity index (χ2v) is 7.50. The number of amides is 1. The molecule has 2 rings (SSSR count). The number of hydrogen-bond acceptors (Lipinski definition) is 4. The van der Waals surface area contributed by atoms with Crippen molar-refractivity contribution in [2.45, 2.75) is 32.7 Å². The van der Waals surface area contributed by atoms with Gasteiger partial charge in [-0.1, -0.05) is 44.2 Å². The molecule has 0 spiro atoms. The SMILES string of the molecule is CC(C)c1nc(CC(=O)N(CCN(C)C)Cc2ccccc2)cs1. The Kier molecular flexibility index (Phi) is 6.94. The number of carbonyl (C=O) groups is 1. The summed E-state index contributed by atoms with van der Waals surface area (Å²) in [5.41, 5.74) is 2.04. The normalized spacial score (nSPS) is 11.2. The number of nitrogens with zero attached hydrogens (tertiary/aromatic N) is 3. The van der Waals surface area contributed by atoms with Crippen LogP contribution in [-0.4, -0.2) is 47.9 Å². The van der Waals surface area contributed by atoms with Crippen molar-refractivity contribution in [2.75, 3.05) is 27.2 Å². The quantitative estimate of drug-likeness (QED) is 0.736. The molecule has 0 saturated carbocycles. The lowest BCUT2D eigenvalue weighted by atomic mass is 10.2. The molecule has 5 heteroatoms. The molecule has 0 saturated heterocycles. The second-order valence-electron chi connectivity index (χ2n) is 6.61. The minimum Gasteiger partial charge on any atom is -0.337 e. The number of likely N-dealkylation sites (N-methyl/N-ethyl adjacent to an activating group) is 1. The number of thiazole rings is 1. The van der Waals surface area contributed by atoms with Crippen LogP contribution in [0, 0.1) is 0 Å². The van der Waals surface area contributed by atoms with Gasteiger partial charge in [-0.15, -0.1) is 11.3 Å². The molecular weight excluding hydrogens is 318 g/mol. The van der Waals surface area contributed by atoms with Gasteiger partial charge in [0.2, 0.25) is 5.91 Å². The Bertz CT molecular complexity index is 637. The van der Waals surface area contributed by atoms with Crippen molar-refractivity contribution in [1.29, 1.82) is 0 Å². The van der Waals surface area contributed by atoms with Gasteiger partial charge in [-0.3, -0.25) is 4.79 Å². The molecule has 0 N–H and O–H groups in total. The molecule has 1 aromatic heterocycles. The lowest BCUT2D eigenvalue weighted by Gasteiger charge is -2.24. The Morgan fingerprint density at radius 3 is 2.46 bits per heavy atom. The Hall–Kier alpha value is -1.72. The van der Waals surface area contributed by atoms with Gasteiger partial charge in [-0.25, -0.2) is 4.98 Å². The predicted octanol–water partition coefficient (Wildman–Crippen LogP) is 3.40. The molecule has 1 heterocycles. The van der Waals surface area contributed by atoms with Crippen LogP contribution in [0.1, 0.15) is 36.0 Å². The Balaban J connectivity index is 2.04. The van der Waals surface area contributed by atoms with Crippen molar-refractivity contribution in [3.63, 3.8) is 0 Å². The summed E-state index contributed by atoms with van der Waals surface area (Å²) >= 11 is 1.64. The summed E-state index contributed by atoms with van der Waals surface area (Å²) in [5, 5.41) is 3.11. The second kappa shape index (κ2) is 8.94. The van der Waals surface area contributed by atoms with Gasteiger partial charge in [0.1, 0.15) is 0 Å². The maximum absolute atomic E-state index is 12.8. The molecule has 0 aliphatic rings. The van der Waals surface area contributed by atoms with Crippen LogP contribution < -0.4 is 0 Å². The first-order valence-corrected chi connectivity index (χ1v) is 9.24. The summed E-state index contributed by atoms with van der Waals surface area (Å²) in [6, 6.07) is 10.2. The van der Waals surface area contributed by atoms with E-state index in [1.807, 2.05) is 42.6 Å². The van der Waals surface area contributed by atoms with Gasteiger partial charge in [-0.05, 0) is 19.7 Å². The molecule has 0 aliphatic carbocycles. The highest BCUT2D eigenvalue weighted by Gasteiger charge is 2.17. The summed E-state index contributed by atoms with van der Waals surface area (Å²) < 4.78 is 0. The first kappa shape index (κ1) is 18.6. The number of rotatable bonds is 8. The molecule has 0 atom stereocenters. The molecule has 1 aromatic carbocycles. The molecule has 130 valence electrons. The zero-order valence-corrected chi connectivity index (χ0v) is 15.8. The van der Waals surface area contributed by atoms with Gasteiger partial charge >= 0.3 is 0 Å². The lowest BCUT2D eigenvalue weighted by Crippen LogP contribution is -2.37. The van der Waals surface area contributed by atoms with Crippen molar-refractivity contribution < 1.29 is 4.79 Å². The first-order valence-electron chi connectivity index (χ1n) is 8.36. The number of benzene rings is 1. The van der Waals surface area contributed by atoms with Crippen LogP contribution in [-0.2, 0) is 17.8 Å². The minimum atomic E-state index is 0.140. The maximum Gasteiger partial charge on any atom is 0.228 e. The van der Waals surface area contributed by atoms with Gasteiger partial charge in [0.25, 0.3) is 0 Å². The maximum atomic E-state index is 12.8. The van der Waals surface area contributed by atoms with E-state index in [1.165, 1.54) is 0 Å². The molecule has 0 bridgehead atoms. The van der Waals surface area contributed by atoms with Gasteiger partial charge < -0.3 is 9.80 Å². The summed E-state index contributed by atoms with van der Waals surface area (Å²) in [6.07, 6.45) is 0.378. The van der Waals surface area contributed by atoms with E-state index >= 15 is 0 Å². The van der Waals surface area contributed by atoms with Crippen molar-refractivity contribution in [3.05, 3.63) is 52.0 Å². The molecular formula is C19H27N3OS. The summed E-state index contributed by atoms with van der Waals surface area (Å²) in [4.78, 5) is 21.4. The fourth-order valence-corrected chi connectivity index (χ4v) is 3.19. The monoisotopic (exact) mass is 345 g/mol.